The zero-order valence-corrected chi connectivity index (χ0v) is 8.33. The molecular weight excluding hydrogens is 170 g/mol. The topological polar surface area (TPSA) is 58.6 Å². The number of carbonyl (C=O) groups excluding carboxylic acids is 1. The number of hydrogen-bond acceptors (Lipinski definition) is 4. The molecule has 2 atom stereocenters. The summed E-state index contributed by atoms with van der Waals surface area (Å²) in [7, 11) is 0. The standard InChI is InChI=1S/C9H17NO3/c1-9(2,3)13-8(12)7-6(11)4-5-10-7/h6-7,10-11H,4-5H2,1-3H3/t6-,7+/m1/s1. The average molecular weight is 187 g/mol. The lowest BCUT2D eigenvalue weighted by Crippen LogP contribution is -2.42. The van der Waals surface area contributed by atoms with Crippen LogP contribution in [0, 0.1) is 0 Å². The molecule has 0 aliphatic carbocycles. The van der Waals surface area contributed by atoms with E-state index in [0.29, 0.717) is 13.0 Å². The second kappa shape index (κ2) is 3.64. The van der Waals surface area contributed by atoms with Gasteiger partial charge in [0.05, 0.1) is 6.10 Å². The number of ether oxygens (including phenoxy) is 1. The summed E-state index contributed by atoms with van der Waals surface area (Å²) in [5.74, 6) is -0.363. The molecule has 4 nitrogen and oxygen atoms in total. The number of rotatable bonds is 1. The minimum Gasteiger partial charge on any atom is -0.459 e. The fraction of sp³-hybridized carbons (Fsp3) is 0.889. The normalized spacial score (nSPS) is 28.9. The molecule has 0 spiro atoms. The van der Waals surface area contributed by atoms with Crippen molar-refractivity contribution in [2.45, 2.75) is 44.9 Å². The molecule has 4 heteroatoms. The first-order valence-electron chi connectivity index (χ1n) is 4.54. The number of esters is 1. The zero-order chi connectivity index (χ0) is 10.1. The van der Waals surface area contributed by atoms with Crippen LogP contribution < -0.4 is 5.32 Å². The van der Waals surface area contributed by atoms with Crippen molar-refractivity contribution < 1.29 is 14.6 Å². The molecule has 2 N–H and O–H groups in total. The van der Waals surface area contributed by atoms with E-state index in [0.717, 1.165) is 0 Å². The minimum absolute atomic E-state index is 0.363. The van der Waals surface area contributed by atoms with E-state index < -0.39 is 17.7 Å². The molecule has 1 saturated heterocycles. The smallest absolute Gasteiger partial charge is 0.326 e. The number of nitrogens with one attached hydrogen (secondary N) is 1. The third-order valence-electron chi connectivity index (χ3n) is 1.85. The summed E-state index contributed by atoms with van der Waals surface area (Å²) in [6, 6.07) is -0.542. The molecule has 1 heterocycles. The molecule has 1 aliphatic heterocycles. The minimum atomic E-state index is -0.602. The monoisotopic (exact) mass is 187 g/mol. The summed E-state index contributed by atoms with van der Waals surface area (Å²) in [4.78, 5) is 11.4. The van der Waals surface area contributed by atoms with Crippen LogP contribution in [0.3, 0.4) is 0 Å². The lowest BCUT2D eigenvalue weighted by molar-refractivity contribution is -0.159. The Kier molecular flexibility index (Phi) is 2.93. The van der Waals surface area contributed by atoms with Crippen LogP contribution in [0.15, 0.2) is 0 Å². The first kappa shape index (κ1) is 10.5. The Morgan fingerprint density at radius 3 is 2.54 bits per heavy atom. The summed E-state index contributed by atoms with van der Waals surface area (Å²) in [5.41, 5.74) is -0.485. The third kappa shape index (κ3) is 2.97. The molecule has 1 rings (SSSR count). The highest BCUT2D eigenvalue weighted by molar-refractivity contribution is 5.77. The largest absolute Gasteiger partial charge is 0.459 e. The van der Waals surface area contributed by atoms with Crippen molar-refractivity contribution >= 4 is 5.97 Å². The van der Waals surface area contributed by atoms with Crippen molar-refractivity contribution in [1.82, 2.24) is 5.32 Å². The van der Waals surface area contributed by atoms with Crippen molar-refractivity contribution in [3.05, 3.63) is 0 Å². The average Bonchev–Trinajstić information content (AvgIpc) is 2.30. The van der Waals surface area contributed by atoms with Crippen LogP contribution in [-0.2, 0) is 9.53 Å². The van der Waals surface area contributed by atoms with E-state index >= 15 is 0 Å². The summed E-state index contributed by atoms with van der Waals surface area (Å²) in [5, 5.41) is 12.3. The second-order valence-electron chi connectivity index (χ2n) is 4.32. The molecule has 1 fully saturated rings. The highest BCUT2D eigenvalue weighted by atomic mass is 16.6. The van der Waals surface area contributed by atoms with Gasteiger partial charge in [-0.05, 0) is 33.7 Å². The van der Waals surface area contributed by atoms with Crippen molar-refractivity contribution in [2.24, 2.45) is 0 Å². The molecule has 0 amide bonds. The maximum absolute atomic E-state index is 11.4. The molecular formula is C9H17NO3. The van der Waals surface area contributed by atoms with Gasteiger partial charge in [0.25, 0.3) is 0 Å². The molecule has 76 valence electrons. The Morgan fingerprint density at radius 2 is 2.15 bits per heavy atom. The van der Waals surface area contributed by atoms with Gasteiger partial charge in [-0.25, -0.2) is 0 Å². The van der Waals surface area contributed by atoms with Gasteiger partial charge in [0.15, 0.2) is 0 Å². The Bertz CT molecular complexity index is 198. The van der Waals surface area contributed by atoms with Crippen LogP contribution in [-0.4, -0.2) is 35.4 Å². The van der Waals surface area contributed by atoms with E-state index in [9.17, 15) is 9.90 Å². The molecule has 0 aromatic rings. The van der Waals surface area contributed by atoms with Crippen molar-refractivity contribution in [3.63, 3.8) is 0 Å². The van der Waals surface area contributed by atoms with E-state index in [1.54, 1.807) is 0 Å². The second-order valence-corrected chi connectivity index (χ2v) is 4.32. The Balaban J connectivity index is 2.48. The van der Waals surface area contributed by atoms with E-state index in [1.807, 2.05) is 20.8 Å². The molecule has 0 saturated carbocycles. The van der Waals surface area contributed by atoms with E-state index in [2.05, 4.69) is 5.32 Å². The van der Waals surface area contributed by atoms with Crippen molar-refractivity contribution in [3.8, 4) is 0 Å². The molecule has 1 aliphatic rings. The molecule has 0 unspecified atom stereocenters. The van der Waals surface area contributed by atoms with Gasteiger partial charge in [-0.1, -0.05) is 0 Å². The lowest BCUT2D eigenvalue weighted by Gasteiger charge is -2.23. The zero-order valence-electron chi connectivity index (χ0n) is 8.33. The van der Waals surface area contributed by atoms with Crippen LogP contribution in [0.5, 0.6) is 0 Å². The van der Waals surface area contributed by atoms with Crippen LogP contribution in [0.2, 0.25) is 0 Å². The first-order chi connectivity index (χ1) is 5.90. The summed E-state index contributed by atoms with van der Waals surface area (Å²) in [6.07, 6.45) is 0.0130. The molecule has 0 aromatic heterocycles. The Hall–Kier alpha value is -0.610. The fourth-order valence-corrected chi connectivity index (χ4v) is 1.30. The molecule has 0 bridgehead atoms. The van der Waals surface area contributed by atoms with Crippen LogP contribution in [0.25, 0.3) is 0 Å². The number of aliphatic hydroxyl groups excluding tert-OH is 1. The maximum Gasteiger partial charge on any atom is 0.326 e. The number of carbonyl (C=O) groups is 1. The van der Waals surface area contributed by atoms with Gasteiger partial charge in [0, 0.05) is 0 Å². The van der Waals surface area contributed by atoms with Gasteiger partial charge >= 0.3 is 5.97 Å². The Labute approximate surface area is 78.3 Å². The van der Waals surface area contributed by atoms with E-state index in [1.165, 1.54) is 0 Å². The van der Waals surface area contributed by atoms with E-state index in [-0.39, 0.29) is 5.97 Å². The Morgan fingerprint density at radius 1 is 1.54 bits per heavy atom. The predicted octanol–water partition coefficient (Wildman–Crippen LogP) is 0.0509. The van der Waals surface area contributed by atoms with Gasteiger partial charge in [-0.15, -0.1) is 0 Å². The molecule has 0 aromatic carbocycles. The van der Waals surface area contributed by atoms with Gasteiger partial charge in [-0.3, -0.25) is 4.79 Å². The molecule has 0 radical (unpaired) electrons. The van der Waals surface area contributed by atoms with Crippen molar-refractivity contribution in [2.75, 3.05) is 6.54 Å². The number of hydrogen-bond donors (Lipinski definition) is 2. The predicted molar refractivity (Wildman–Crippen MR) is 48.3 cm³/mol. The fourth-order valence-electron chi connectivity index (χ4n) is 1.30. The third-order valence-corrected chi connectivity index (χ3v) is 1.85. The van der Waals surface area contributed by atoms with Gasteiger partial charge in [0.1, 0.15) is 11.6 Å². The highest BCUT2D eigenvalue weighted by Gasteiger charge is 2.34. The highest BCUT2D eigenvalue weighted by Crippen LogP contribution is 2.13. The van der Waals surface area contributed by atoms with Crippen LogP contribution in [0.4, 0.5) is 0 Å². The van der Waals surface area contributed by atoms with Gasteiger partial charge in [-0.2, -0.15) is 0 Å². The first-order valence-corrected chi connectivity index (χ1v) is 4.54. The van der Waals surface area contributed by atoms with Gasteiger partial charge in [0.2, 0.25) is 0 Å². The van der Waals surface area contributed by atoms with Crippen molar-refractivity contribution in [1.29, 1.82) is 0 Å². The summed E-state index contributed by atoms with van der Waals surface area (Å²) >= 11 is 0. The summed E-state index contributed by atoms with van der Waals surface area (Å²) in [6.45, 7) is 6.11. The van der Waals surface area contributed by atoms with Crippen LogP contribution in [0.1, 0.15) is 27.2 Å². The quantitative estimate of drug-likeness (QED) is 0.569. The number of aliphatic hydroxyl groups is 1. The van der Waals surface area contributed by atoms with Crippen LogP contribution >= 0.6 is 0 Å². The SMILES string of the molecule is CC(C)(C)OC(=O)[C@H]1NCC[C@H]1O. The maximum atomic E-state index is 11.4. The van der Waals surface area contributed by atoms with E-state index in [4.69, 9.17) is 4.74 Å². The molecule has 13 heavy (non-hydrogen) atoms. The summed E-state index contributed by atoms with van der Waals surface area (Å²) < 4.78 is 5.13. The lowest BCUT2D eigenvalue weighted by atomic mass is 10.1. The van der Waals surface area contributed by atoms with Gasteiger partial charge < -0.3 is 15.2 Å².